The molecule has 0 saturated carbocycles. The van der Waals surface area contributed by atoms with Crippen LogP contribution < -0.4 is 16.2 Å². The van der Waals surface area contributed by atoms with E-state index in [0.29, 0.717) is 13.2 Å². The van der Waals surface area contributed by atoms with Crippen LogP contribution in [0.3, 0.4) is 0 Å². The van der Waals surface area contributed by atoms with Crippen molar-refractivity contribution in [1.29, 1.82) is 0 Å². The molecule has 0 radical (unpaired) electrons. The van der Waals surface area contributed by atoms with Gasteiger partial charge in [-0.1, -0.05) is 6.07 Å². The van der Waals surface area contributed by atoms with Crippen LogP contribution in [-0.4, -0.2) is 16.2 Å². The largest absolute Gasteiger partial charge is 0.494 e. The van der Waals surface area contributed by atoms with Crippen molar-refractivity contribution >= 4 is 0 Å². The van der Waals surface area contributed by atoms with E-state index in [9.17, 15) is 4.79 Å². The summed E-state index contributed by atoms with van der Waals surface area (Å²) < 4.78 is 7.22. The summed E-state index contributed by atoms with van der Waals surface area (Å²) in [5, 5.41) is 0. The molecule has 1 aromatic heterocycles. The molecule has 1 atom stereocenters. The van der Waals surface area contributed by atoms with Crippen molar-refractivity contribution in [1.82, 2.24) is 9.55 Å². The van der Waals surface area contributed by atoms with E-state index in [2.05, 4.69) is 4.98 Å². The van der Waals surface area contributed by atoms with Gasteiger partial charge in [-0.2, -0.15) is 0 Å². The zero-order valence-electron chi connectivity index (χ0n) is 12.7. The first kappa shape index (κ1) is 15.3. The second-order valence-electron chi connectivity index (χ2n) is 5.13. The topological polar surface area (TPSA) is 70.1 Å². The summed E-state index contributed by atoms with van der Waals surface area (Å²) in [4.78, 5) is 15.7. The first-order valence-electron chi connectivity index (χ1n) is 7.05. The zero-order chi connectivity index (χ0) is 15.4. The minimum Gasteiger partial charge on any atom is -0.494 e. The standard InChI is InChI=1S/C16H21N3O2/c1-4-21-15-6-5-13(12(3)17)7-14(15)10-19-9-11(2)8-18-16(19)20/h5-9,12H,4,10,17H2,1-3H3. The first-order valence-corrected chi connectivity index (χ1v) is 7.05. The number of nitrogens with zero attached hydrogens (tertiary/aromatic N) is 2. The van der Waals surface area contributed by atoms with Crippen molar-refractivity contribution in [2.45, 2.75) is 33.4 Å². The summed E-state index contributed by atoms with van der Waals surface area (Å²) in [7, 11) is 0. The van der Waals surface area contributed by atoms with Crippen LogP contribution >= 0.6 is 0 Å². The third-order valence-corrected chi connectivity index (χ3v) is 3.23. The average Bonchev–Trinajstić information content (AvgIpc) is 2.44. The van der Waals surface area contributed by atoms with Crippen LogP contribution in [0.2, 0.25) is 0 Å². The lowest BCUT2D eigenvalue weighted by Gasteiger charge is -2.15. The van der Waals surface area contributed by atoms with Crippen molar-refractivity contribution in [2.24, 2.45) is 5.73 Å². The maximum absolute atomic E-state index is 11.9. The molecule has 21 heavy (non-hydrogen) atoms. The van der Waals surface area contributed by atoms with E-state index in [1.165, 1.54) is 0 Å². The number of benzene rings is 1. The van der Waals surface area contributed by atoms with Crippen molar-refractivity contribution < 1.29 is 4.74 Å². The van der Waals surface area contributed by atoms with E-state index < -0.39 is 0 Å². The third kappa shape index (κ3) is 3.70. The summed E-state index contributed by atoms with van der Waals surface area (Å²) in [5.74, 6) is 0.773. The summed E-state index contributed by atoms with van der Waals surface area (Å²) in [5.41, 5.74) is 8.55. The smallest absolute Gasteiger partial charge is 0.347 e. The van der Waals surface area contributed by atoms with Gasteiger partial charge in [0, 0.05) is 24.0 Å². The highest BCUT2D eigenvalue weighted by atomic mass is 16.5. The quantitative estimate of drug-likeness (QED) is 0.913. The van der Waals surface area contributed by atoms with Gasteiger partial charge in [0.2, 0.25) is 0 Å². The zero-order valence-corrected chi connectivity index (χ0v) is 12.7. The Morgan fingerprint density at radius 2 is 2.19 bits per heavy atom. The van der Waals surface area contributed by atoms with Gasteiger partial charge in [0.1, 0.15) is 5.75 Å². The van der Waals surface area contributed by atoms with Gasteiger partial charge in [-0.05, 0) is 44.0 Å². The number of hydrogen-bond donors (Lipinski definition) is 1. The summed E-state index contributed by atoms with van der Waals surface area (Å²) >= 11 is 0. The molecule has 5 heteroatoms. The van der Waals surface area contributed by atoms with Crippen molar-refractivity contribution in [3.8, 4) is 5.75 Å². The van der Waals surface area contributed by atoms with Crippen LogP contribution in [0, 0.1) is 6.92 Å². The van der Waals surface area contributed by atoms with Gasteiger partial charge in [-0.3, -0.25) is 4.57 Å². The van der Waals surface area contributed by atoms with Crippen molar-refractivity contribution in [3.05, 3.63) is 57.8 Å². The van der Waals surface area contributed by atoms with Gasteiger partial charge in [0.15, 0.2) is 0 Å². The van der Waals surface area contributed by atoms with E-state index in [4.69, 9.17) is 10.5 Å². The van der Waals surface area contributed by atoms with E-state index in [1.807, 2.05) is 39.0 Å². The number of nitrogens with two attached hydrogens (primary N) is 1. The SMILES string of the molecule is CCOc1ccc(C(C)N)cc1Cn1cc(C)cnc1=O. The highest BCUT2D eigenvalue weighted by Gasteiger charge is 2.09. The molecule has 1 heterocycles. The van der Waals surface area contributed by atoms with Crippen LogP contribution in [0.5, 0.6) is 5.75 Å². The minimum absolute atomic E-state index is 0.0632. The highest BCUT2D eigenvalue weighted by molar-refractivity contribution is 5.38. The molecule has 0 fully saturated rings. The lowest BCUT2D eigenvalue weighted by Crippen LogP contribution is -2.23. The molecular formula is C16H21N3O2. The molecule has 0 bridgehead atoms. The fraction of sp³-hybridized carbons (Fsp3) is 0.375. The maximum Gasteiger partial charge on any atom is 0.347 e. The number of aromatic nitrogens is 2. The van der Waals surface area contributed by atoms with Gasteiger partial charge < -0.3 is 10.5 Å². The molecule has 1 unspecified atom stereocenters. The summed E-state index contributed by atoms with van der Waals surface area (Å²) in [6, 6.07) is 5.79. The van der Waals surface area contributed by atoms with Crippen LogP contribution in [0.25, 0.3) is 0 Å². The number of hydrogen-bond acceptors (Lipinski definition) is 4. The fourth-order valence-electron chi connectivity index (χ4n) is 2.16. The predicted molar refractivity (Wildman–Crippen MR) is 82.5 cm³/mol. The van der Waals surface area contributed by atoms with Crippen molar-refractivity contribution in [2.75, 3.05) is 6.61 Å². The van der Waals surface area contributed by atoms with Gasteiger partial charge in [-0.15, -0.1) is 0 Å². The molecule has 5 nitrogen and oxygen atoms in total. The Labute approximate surface area is 124 Å². The fourth-order valence-corrected chi connectivity index (χ4v) is 2.16. The Balaban J connectivity index is 2.42. The van der Waals surface area contributed by atoms with Crippen LogP contribution in [0.15, 0.2) is 35.4 Å². The van der Waals surface area contributed by atoms with E-state index >= 15 is 0 Å². The molecule has 2 N–H and O–H groups in total. The maximum atomic E-state index is 11.9. The molecule has 0 aliphatic rings. The molecule has 0 amide bonds. The van der Waals surface area contributed by atoms with Crippen LogP contribution in [0.1, 0.15) is 36.6 Å². The summed E-state index contributed by atoms with van der Waals surface area (Å²) in [6.45, 7) is 6.77. The van der Waals surface area contributed by atoms with Gasteiger partial charge in [-0.25, -0.2) is 9.78 Å². The van der Waals surface area contributed by atoms with E-state index in [0.717, 1.165) is 22.4 Å². The Morgan fingerprint density at radius 3 is 2.86 bits per heavy atom. The minimum atomic E-state index is -0.269. The average molecular weight is 287 g/mol. The molecule has 0 spiro atoms. The third-order valence-electron chi connectivity index (χ3n) is 3.23. The molecule has 2 rings (SSSR count). The lowest BCUT2D eigenvalue weighted by molar-refractivity contribution is 0.335. The second-order valence-corrected chi connectivity index (χ2v) is 5.13. The normalized spacial score (nSPS) is 12.2. The van der Waals surface area contributed by atoms with Crippen molar-refractivity contribution in [3.63, 3.8) is 0 Å². The monoisotopic (exact) mass is 287 g/mol. The predicted octanol–water partition coefficient (Wildman–Crippen LogP) is 2.02. The molecule has 2 aromatic rings. The summed E-state index contributed by atoms with van der Waals surface area (Å²) in [6.07, 6.45) is 3.37. The Morgan fingerprint density at radius 1 is 1.43 bits per heavy atom. The Hall–Kier alpha value is -2.14. The molecule has 112 valence electrons. The van der Waals surface area contributed by atoms with E-state index in [-0.39, 0.29) is 11.7 Å². The molecule has 0 saturated heterocycles. The number of ether oxygens (including phenoxy) is 1. The van der Waals surface area contributed by atoms with Gasteiger partial charge in [0.05, 0.1) is 13.2 Å². The van der Waals surface area contributed by atoms with E-state index in [1.54, 1.807) is 17.0 Å². The molecule has 0 aliphatic carbocycles. The lowest BCUT2D eigenvalue weighted by atomic mass is 10.0. The molecule has 1 aromatic carbocycles. The Bertz CT molecular complexity index is 677. The van der Waals surface area contributed by atoms with Crippen LogP contribution in [-0.2, 0) is 6.54 Å². The Kier molecular flexibility index (Phi) is 4.75. The number of aryl methyl sites for hydroxylation is 1. The van der Waals surface area contributed by atoms with Crippen LogP contribution in [0.4, 0.5) is 0 Å². The number of rotatable bonds is 5. The van der Waals surface area contributed by atoms with Gasteiger partial charge in [0.25, 0.3) is 0 Å². The highest BCUT2D eigenvalue weighted by Crippen LogP contribution is 2.23. The first-order chi connectivity index (χ1) is 10.0. The second kappa shape index (κ2) is 6.54. The van der Waals surface area contributed by atoms with Gasteiger partial charge >= 0.3 is 5.69 Å². The molecule has 0 aliphatic heterocycles. The molecular weight excluding hydrogens is 266 g/mol.